The Kier molecular flexibility index (Phi) is 3.28. The van der Waals surface area contributed by atoms with Gasteiger partial charge in [-0.1, -0.05) is 13.8 Å². The molecular formula is C9H16N4O2. The number of rotatable bonds is 3. The van der Waals surface area contributed by atoms with Crippen molar-refractivity contribution in [1.29, 1.82) is 0 Å². The van der Waals surface area contributed by atoms with Gasteiger partial charge in [0.15, 0.2) is 0 Å². The Balaban J connectivity index is 3.37. The van der Waals surface area contributed by atoms with Gasteiger partial charge in [0.05, 0.1) is 0 Å². The first-order valence-corrected chi connectivity index (χ1v) is 4.83. The number of hydrogen-bond acceptors (Lipinski definition) is 4. The molecule has 0 radical (unpaired) electrons. The predicted octanol–water partition coefficient (Wildman–Crippen LogP) is -0.360. The van der Waals surface area contributed by atoms with E-state index in [4.69, 9.17) is 0 Å². The van der Waals surface area contributed by atoms with E-state index in [1.165, 1.54) is 4.57 Å². The van der Waals surface area contributed by atoms with Gasteiger partial charge in [-0.05, 0) is 5.92 Å². The van der Waals surface area contributed by atoms with E-state index >= 15 is 0 Å². The lowest BCUT2D eigenvalue weighted by Crippen LogP contribution is -2.42. The van der Waals surface area contributed by atoms with Gasteiger partial charge in [0.2, 0.25) is 5.95 Å². The van der Waals surface area contributed by atoms with Crippen LogP contribution >= 0.6 is 0 Å². The fraction of sp³-hybridized carbons (Fsp3) is 0.667. The van der Waals surface area contributed by atoms with Crippen molar-refractivity contribution in [3.8, 4) is 0 Å². The zero-order chi connectivity index (χ0) is 11.6. The first-order valence-electron chi connectivity index (χ1n) is 4.83. The van der Waals surface area contributed by atoms with Gasteiger partial charge >= 0.3 is 11.4 Å². The van der Waals surface area contributed by atoms with Gasteiger partial charge < -0.3 is 5.32 Å². The molecular weight excluding hydrogens is 196 g/mol. The quantitative estimate of drug-likeness (QED) is 0.743. The molecule has 84 valence electrons. The molecule has 0 aliphatic carbocycles. The van der Waals surface area contributed by atoms with E-state index in [1.807, 2.05) is 13.8 Å². The minimum absolute atomic E-state index is 0.234. The lowest BCUT2D eigenvalue weighted by Gasteiger charge is -2.11. The second-order valence-electron chi connectivity index (χ2n) is 3.81. The third kappa shape index (κ3) is 2.26. The summed E-state index contributed by atoms with van der Waals surface area (Å²) in [7, 11) is 3.20. The molecule has 0 aliphatic heterocycles. The molecule has 0 fully saturated rings. The molecule has 0 bridgehead atoms. The molecule has 0 saturated heterocycles. The topological polar surface area (TPSA) is 68.9 Å². The molecule has 1 aromatic rings. The van der Waals surface area contributed by atoms with Crippen molar-refractivity contribution in [2.75, 3.05) is 12.4 Å². The highest BCUT2D eigenvalue weighted by molar-refractivity contribution is 5.21. The zero-order valence-corrected chi connectivity index (χ0v) is 9.44. The van der Waals surface area contributed by atoms with Gasteiger partial charge in [-0.3, -0.25) is 4.57 Å². The average Bonchev–Trinajstić information content (AvgIpc) is 2.18. The molecule has 1 rings (SSSR count). The second-order valence-corrected chi connectivity index (χ2v) is 3.81. The summed E-state index contributed by atoms with van der Waals surface area (Å²) < 4.78 is 2.47. The highest BCUT2D eigenvalue weighted by Crippen LogP contribution is 1.95. The van der Waals surface area contributed by atoms with Crippen molar-refractivity contribution in [2.45, 2.75) is 20.4 Å². The Labute approximate surface area is 87.6 Å². The Morgan fingerprint density at radius 3 is 2.47 bits per heavy atom. The van der Waals surface area contributed by atoms with Crippen LogP contribution in [0.4, 0.5) is 5.95 Å². The van der Waals surface area contributed by atoms with E-state index < -0.39 is 5.69 Å². The smallest absolute Gasteiger partial charge is 0.354 e. The third-order valence-corrected chi connectivity index (χ3v) is 2.04. The second kappa shape index (κ2) is 4.29. The molecule has 0 unspecified atom stereocenters. The van der Waals surface area contributed by atoms with Crippen LogP contribution in [-0.2, 0) is 13.6 Å². The lowest BCUT2D eigenvalue weighted by atomic mass is 10.2. The summed E-state index contributed by atoms with van der Waals surface area (Å²) in [6, 6.07) is 0. The number of aromatic nitrogens is 3. The van der Waals surface area contributed by atoms with Crippen molar-refractivity contribution in [1.82, 2.24) is 14.1 Å². The lowest BCUT2D eigenvalue weighted by molar-refractivity contribution is 0.469. The molecule has 1 aromatic heterocycles. The van der Waals surface area contributed by atoms with Crippen molar-refractivity contribution >= 4 is 5.95 Å². The Morgan fingerprint density at radius 1 is 1.40 bits per heavy atom. The molecule has 0 atom stereocenters. The van der Waals surface area contributed by atoms with E-state index in [0.29, 0.717) is 6.54 Å². The largest absolute Gasteiger partial charge is 0.358 e. The van der Waals surface area contributed by atoms with Crippen molar-refractivity contribution in [3.05, 3.63) is 21.0 Å². The van der Waals surface area contributed by atoms with E-state index in [2.05, 4.69) is 10.3 Å². The highest BCUT2D eigenvalue weighted by atomic mass is 16.2. The molecule has 0 aliphatic rings. The Hall–Kier alpha value is -1.59. The normalized spacial score (nSPS) is 10.7. The number of hydrogen-bond donors (Lipinski definition) is 1. The molecule has 15 heavy (non-hydrogen) atoms. The van der Waals surface area contributed by atoms with Crippen LogP contribution in [0.2, 0.25) is 0 Å². The summed E-state index contributed by atoms with van der Waals surface area (Å²) in [6.45, 7) is 4.28. The molecule has 6 nitrogen and oxygen atoms in total. The summed E-state index contributed by atoms with van der Waals surface area (Å²) in [4.78, 5) is 27.0. The van der Waals surface area contributed by atoms with Gasteiger partial charge in [-0.2, -0.15) is 4.98 Å². The van der Waals surface area contributed by atoms with Gasteiger partial charge in [-0.25, -0.2) is 14.2 Å². The minimum atomic E-state index is -0.504. The van der Waals surface area contributed by atoms with Crippen molar-refractivity contribution in [2.24, 2.45) is 13.0 Å². The van der Waals surface area contributed by atoms with Crippen molar-refractivity contribution < 1.29 is 0 Å². The van der Waals surface area contributed by atoms with Crippen LogP contribution in [0.3, 0.4) is 0 Å². The first kappa shape index (κ1) is 11.5. The third-order valence-electron chi connectivity index (χ3n) is 2.04. The molecule has 0 saturated carbocycles. The minimum Gasteiger partial charge on any atom is -0.358 e. The molecule has 1 N–H and O–H groups in total. The maximum Gasteiger partial charge on any atom is 0.354 e. The van der Waals surface area contributed by atoms with Crippen molar-refractivity contribution in [3.63, 3.8) is 0 Å². The van der Waals surface area contributed by atoms with E-state index in [0.717, 1.165) is 4.57 Å². The Morgan fingerprint density at radius 2 is 2.00 bits per heavy atom. The van der Waals surface area contributed by atoms with Crippen LogP contribution in [0.15, 0.2) is 9.59 Å². The molecule has 0 amide bonds. The Bertz CT molecular complexity index is 458. The van der Waals surface area contributed by atoms with Crippen LogP contribution in [-0.4, -0.2) is 21.2 Å². The van der Waals surface area contributed by atoms with Gasteiger partial charge in [0, 0.05) is 20.6 Å². The van der Waals surface area contributed by atoms with E-state index in [1.54, 1.807) is 14.1 Å². The van der Waals surface area contributed by atoms with Gasteiger partial charge in [0.25, 0.3) is 0 Å². The summed E-state index contributed by atoms with van der Waals surface area (Å²) in [6.07, 6.45) is 0. The predicted molar refractivity (Wildman–Crippen MR) is 58.1 cm³/mol. The molecule has 0 spiro atoms. The fourth-order valence-electron chi connectivity index (χ4n) is 1.32. The van der Waals surface area contributed by atoms with Gasteiger partial charge in [0.1, 0.15) is 0 Å². The molecule has 6 heteroatoms. The average molecular weight is 212 g/mol. The summed E-state index contributed by atoms with van der Waals surface area (Å²) in [5, 5.41) is 2.70. The van der Waals surface area contributed by atoms with Crippen LogP contribution < -0.4 is 16.7 Å². The number of anilines is 1. The summed E-state index contributed by atoms with van der Waals surface area (Å²) in [5.41, 5.74) is -0.843. The SMILES string of the molecule is CNc1nc(=O)n(CC(C)C)c(=O)n1C. The zero-order valence-electron chi connectivity index (χ0n) is 9.44. The van der Waals surface area contributed by atoms with Gasteiger partial charge in [-0.15, -0.1) is 0 Å². The van der Waals surface area contributed by atoms with Crippen LogP contribution in [0.1, 0.15) is 13.8 Å². The maximum absolute atomic E-state index is 11.8. The van der Waals surface area contributed by atoms with E-state index in [-0.39, 0.29) is 17.6 Å². The molecule has 1 heterocycles. The van der Waals surface area contributed by atoms with Crippen LogP contribution in [0.25, 0.3) is 0 Å². The standard InChI is InChI=1S/C9H16N4O2/c1-6(2)5-13-8(14)11-7(10-3)12(4)9(13)15/h6H,5H2,1-4H3,(H,10,11,14). The monoisotopic (exact) mass is 212 g/mol. The van der Waals surface area contributed by atoms with E-state index in [9.17, 15) is 9.59 Å². The maximum atomic E-state index is 11.8. The summed E-state index contributed by atoms with van der Waals surface area (Å²) >= 11 is 0. The highest BCUT2D eigenvalue weighted by Gasteiger charge is 2.09. The first-order chi connectivity index (χ1) is 6.97. The summed E-state index contributed by atoms with van der Waals surface area (Å²) in [5.74, 6) is 0.516. The number of nitrogens with one attached hydrogen (secondary N) is 1. The van der Waals surface area contributed by atoms with Crippen LogP contribution in [0, 0.1) is 5.92 Å². The number of nitrogens with zero attached hydrogens (tertiary/aromatic N) is 3. The molecule has 0 aromatic carbocycles. The fourth-order valence-corrected chi connectivity index (χ4v) is 1.32. The van der Waals surface area contributed by atoms with Crippen LogP contribution in [0.5, 0.6) is 0 Å².